The number of aromatic nitrogens is 2. The molecule has 34 heavy (non-hydrogen) atoms. The van der Waals surface area contributed by atoms with Crippen molar-refractivity contribution in [2.45, 2.75) is 94.4 Å². The number of aryl methyl sites for hydroxylation is 1. The molecule has 0 unspecified atom stereocenters. The molecule has 3 fully saturated rings. The average Bonchev–Trinajstić information content (AvgIpc) is 3.33. The molecular weight excluding hydrogens is 472 g/mol. The topological polar surface area (TPSA) is 105 Å². The van der Waals surface area contributed by atoms with Crippen molar-refractivity contribution in [3.8, 4) is 10.7 Å². The van der Waals surface area contributed by atoms with E-state index in [1.165, 1.54) is 34.9 Å². The second-order valence-electron chi connectivity index (χ2n) is 10.0. The monoisotopic (exact) mass is 506 g/mol. The number of thiophene rings is 1. The fourth-order valence-electron chi connectivity index (χ4n) is 5.24. The van der Waals surface area contributed by atoms with Crippen LogP contribution in [-0.4, -0.2) is 47.9 Å². The molecule has 10 heteroatoms. The van der Waals surface area contributed by atoms with Crippen molar-refractivity contribution in [3.63, 3.8) is 0 Å². The van der Waals surface area contributed by atoms with Crippen LogP contribution in [0.25, 0.3) is 10.7 Å². The molecule has 2 saturated carbocycles. The van der Waals surface area contributed by atoms with Crippen LogP contribution in [0.15, 0.2) is 15.5 Å². The summed E-state index contributed by atoms with van der Waals surface area (Å²) in [7, 11) is -3.71. The molecule has 186 valence electrons. The van der Waals surface area contributed by atoms with E-state index in [2.05, 4.69) is 15.5 Å². The number of piperidine rings is 1. The summed E-state index contributed by atoms with van der Waals surface area (Å²) in [5.41, 5.74) is 0. The molecule has 1 saturated heterocycles. The van der Waals surface area contributed by atoms with Crippen LogP contribution in [0.4, 0.5) is 0 Å². The Morgan fingerprint density at radius 2 is 1.85 bits per heavy atom. The molecule has 3 heterocycles. The van der Waals surface area contributed by atoms with Crippen molar-refractivity contribution in [2.75, 3.05) is 13.1 Å². The highest BCUT2D eigenvalue weighted by Gasteiger charge is 2.36. The van der Waals surface area contributed by atoms with Crippen molar-refractivity contribution in [3.05, 3.63) is 16.8 Å². The number of nitrogens with one attached hydrogen (secondary N) is 1. The number of nitrogens with zero attached hydrogens (tertiary/aromatic N) is 3. The lowest BCUT2D eigenvalue weighted by Gasteiger charge is -2.32. The lowest BCUT2D eigenvalue weighted by atomic mass is 9.85. The van der Waals surface area contributed by atoms with Gasteiger partial charge in [-0.2, -0.15) is 9.29 Å². The molecule has 1 amide bonds. The molecule has 1 N–H and O–H groups in total. The van der Waals surface area contributed by atoms with Gasteiger partial charge in [0.05, 0.1) is 15.7 Å². The minimum absolute atomic E-state index is 0.00449. The highest BCUT2D eigenvalue weighted by molar-refractivity contribution is 7.89. The van der Waals surface area contributed by atoms with Crippen LogP contribution >= 0.6 is 11.3 Å². The summed E-state index contributed by atoms with van der Waals surface area (Å²) in [5, 5.41) is 7.31. The number of hydrogen-bond donors (Lipinski definition) is 1. The molecule has 8 nitrogen and oxygen atoms in total. The fraction of sp³-hybridized carbons (Fsp3) is 0.708. The summed E-state index contributed by atoms with van der Waals surface area (Å²) in [6, 6.07) is 1.89. The first-order chi connectivity index (χ1) is 16.4. The van der Waals surface area contributed by atoms with Gasteiger partial charge in [0.25, 0.3) is 0 Å². The third kappa shape index (κ3) is 4.95. The first-order valence-electron chi connectivity index (χ1n) is 12.7. The van der Waals surface area contributed by atoms with Crippen LogP contribution in [-0.2, 0) is 14.8 Å². The Kier molecular flexibility index (Phi) is 7.09. The summed E-state index contributed by atoms with van der Waals surface area (Å²) in [6.07, 6.45) is 11.5. The van der Waals surface area contributed by atoms with Crippen LogP contribution in [0.3, 0.4) is 0 Å². The maximum Gasteiger partial charge on any atom is 0.244 e. The van der Waals surface area contributed by atoms with Gasteiger partial charge in [0.1, 0.15) is 0 Å². The van der Waals surface area contributed by atoms with Crippen LogP contribution in [0.5, 0.6) is 0 Å². The van der Waals surface area contributed by atoms with Gasteiger partial charge in [0.2, 0.25) is 27.6 Å². The smallest absolute Gasteiger partial charge is 0.244 e. The Morgan fingerprint density at radius 1 is 1.09 bits per heavy atom. The molecule has 1 atom stereocenters. The Hall–Kier alpha value is -1.78. The number of sulfonamides is 1. The predicted octanol–water partition coefficient (Wildman–Crippen LogP) is 4.61. The van der Waals surface area contributed by atoms with E-state index < -0.39 is 10.0 Å². The van der Waals surface area contributed by atoms with Crippen molar-refractivity contribution in [1.29, 1.82) is 0 Å². The van der Waals surface area contributed by atoms with Gasteiger partial charge in [-0.3, -0.25) is 4.79 Å². The van der Waals surface area contributed by atoms with Crippen LogP contribution in [0, 0.1) is 12.8 Å². The van der Waals surface area contributed by atoms with E-state index >= 15 is 0 Å². The Morgan fingerprint density at radius 3 is 2.56 bits per heavy atom. The quantitative estimate of drug-likeness (QED) is 0.574. The standard InChI is InChI=1S/C24H34N4O4S2/c1-16-21(14-20(33-16)22-26-24(32-27-22)17-8-6-9-17)34(30,31)28-13-7-10-18(15-28)23(29)25-19-11-4-2-3-5-12-19/h14,17-19H,2-13,15H2,1H3,(H,25,29)/t18-/m1/s1. The van der Waals surface area contributed by atoms with Gasteiger partial charge < -0.3 is 9.84 Å². The van der Waals surface area contributed by atoms with Gasteiger partial charge in [-0.1, -0.05) is 37.3 Å². The van der Waals surface area contributed by atoms with E-state index in [-0.39, 0.29) is 29.3 Å². The average molecular weight is 507 g/mol. The van der Waals surface area contributed by atoms with E-state index in [4.69, 9.17) is 4.52 Å². The second kappa shape index (κ2) is 10.1. The number of hydrogen-bond acceptors (Lipinski definition) is 7. The SMILES string of the molecule is Cc1sc(-c2noc(C3CCC3)n2)cc1S(=O)(=O)N1CCC[C@@H](C(=O)NC2CCCCCC2)C1. The molecule has 0 bridgehead atoms. The molecule has 2 aromatic heterocycles. The summed E-state index contributed by atoms with van der Waals surface area (Å²) < 4.78 is 34.0. The third-order valence-corrected chi connectivity index (χ3v) is 10.7. The lowest BCUT2D eigenvalue weighted by Crippen LogP contribution is -2.47. The molecule has 0 aromatic carbocycles. The number of carbonyl (C=O) groups is 1. The zero-order chi connectivity index (χ0) is 23.7. The van der Waals surface area contributed by atoms with Crippen LogP contribution in [0.2, 0.25) is 0 Å². The number of carbonyl (C=O) groups excluding carboxylic acids is 1. The molecule has 0 spiro atoms. The Labute approximate surface area is 205 Å². The first kappa shape index (κ1) is 23.9. The van der Waals surface area contributed by atoms with Gasteiger partial charge >= 0.3 is 0 Å². The maximum atomic E-state index is 13.6. The first-order valence-corrected chi connectivity index (χ1v) is 14.9. The van der Waals surface area contributed by atoms with Crippen molar-refractivity contribution >= 4 is 27.3 Å². The highest BCUT2D eigenvalue weighted by atomic mass is 32.2. The normalized spacial score (nSPS) is 23.4. The van der Waals surface area contributed by atoms with E-state index in [9.17, 15) is 13.2 Å². The largest absolute Gasteiger partial charge is 0.353 e. The molecular formula is C24H34N4O4S2. The minimum Gasteiger partial charge on any atom is -0.353 e. The third-order valence-electron chi connectivity index (χ3n) is 7.56. The van der Waals surface area contributed by atoms with E-state index in [1.54, 1.807) is 6.07 Å². The van der Waals surface area contributed by atoms with Crippen molar-refractivity contribution in [1.82, 2.24) is 19.8 Å². The van der Waals surface area contributed by atoms with Crippen molar-refractivity contribution in [2.24, 2.45) is 5.92 Å². The maximum absolute atomic E-state index is 13.6. The summed E-state index contributed by atoms with van der Waals surface area (Å²) in [4.78, 5) is 19.2. The zero-order valence-corrected chi connectivity index (χ0v) is 21.4. The van der Waals surface area contributed by atoms with Crippen molar-refractivity contribution < 1.29 is 17.7 Å². The Bertz CT molecular complexity index is 1110. The second-order valence-corrected chi connectivity index (χ2v) is 13.2. The molecule has 2 aromatic rings. The molecule has 3 aliphatic rings. The van der Waals surface area contributed by atoms with Crippen LogP contribution < -0.4 is 5.32 Å². The summed E-state index contributed by atoms with van der Waals surface area (Å²) in [6.45, 7) is 2.49. The molecule has 5 rings (SSSR count). The molecule has 2 aliphatic carbocycles. The highest BCUT2D eigenvalue weighted by Crippen LogP contribution is 2.38. The summed E-state index contributed by atoms with van der Waals surface area (Å²) in [5.74, 6) is 1.14. The zero-order valence-electron chi connectivity index (χ0n) is 19.8. The van der Waals surface area contributed by atoms with E-state index in [1.807, 2.05) is 6.92 Å². The van der Waals surface area contributed by atoms with E-state index in [0.29, 0.717) is 40.4 Å². The van der Waals surface area contributed by atoms with Gasteiger partial charge in [0, 0.05) is 29.9 Å². The number of amides is 1. The minimum atomic E-state index is -3.71. The van der Waals surface area contributed by atoms with Gasteiger partial charge in [-0.25, -0.2) is 8.42 Å². The van der Waals surface area contributed by atoms with Gasteiger partial charge in [0.15, 0.2) is 0 Å². The molecule has 1 aliphatic heterocycles. The predicted molar refractivity (Wildman–Crippen MR) is 130 cm³/mol. The summed E-state index contributed by atoms with van der Waals surface area (Å²) >= 11 is 1.37. The fourth-order valence-corrected chi connectivity index (χ4v) is 8.25. The Balaban J connectivity index is 1.28. The van der Waals surface area contributed by atoms with E-state index in [0.717, 1.165) is 44.9 Å². The van der Waals surface area contributed by atoms with Gasteiger partial charge in [-0.05, 0) is 51.5 Å². The number of rotatable bonds is 6. The van der Waals surface area contributed by atoms with Gasteiger partial charge in [-0.15, -0.1) is 11.3 Å². The van der Waals surface area contributed by atoms with Crippen LogP contribution in [0.1, 0.15) is 87.3 Å². The lowest BCUT2D eigenvalue weighted by molar-refractivity contribution is -0.126. The molecule has 0 radical (unpaired) electrons.